The molecular weight excluding hydrogens is 350 g/mol. The largest absolute Gasteiger partial charge is 0.358 e. The molecule has 1 aliphatic heterocycles. The molecule has 3 unspecified atom stereocenters. The first-order valence-electron chi connectivity index (χ1n) is 7.55. The number of nitrogens with zero attached hydrogens (tertiary/aromatic N) is 1. The predicted molar refractivity (Wildman–Crippen MR) is 91.4 cm³/mol. The number of piperidine rings is 1. The quantitative estimate of drug-likeness (QED) is 0.833. The van der Waals surface area contributed by atoms with Crippen molar-refractivity contribution in [1.82, 2.24) is 10.2 Å². The zero-order valence-corrected chi connectivity index (χ0v) is 15.0. The first-order valence-corrected chi connectivity index (χ1v) is 9.22. The van der Waals surface area contributed by atoms with E-state index in [4.69, 9.17) is 5.73 Å². The maximum absolute atomic E-state index is 12.2. The summed E-state index contributed by atoms with van der Waals surface area (Å²) in [6, 6.07) is 2.24. The van der Waals surface area contributed by atoms with Gasteiger partial charge < -0.3 is 11.1 Å². The number of likely N-dealkylation sites (tertiary alicyclic amines) is 1. The molecule has 1 amide bonds. The Morgan fingerprint density at radius 2 is 2.38 bits per heavy atom. The van der Waals surface area contributed by atoms with Gasteiger partial charge in [-0.1, -0.05) is 13.3 Å². The summed E-state index contributed by atoms with van der Waals surface area (Å²) in [5, 5.41) is 4.89. The third-order valence-corrected chi connectivity index (χ3v) is 5.97. The van der Waals surface area contributed by atoms with Gasteiger partial charge >= 0.3 is 0 Å². The average molecular weight is 374 g/mol. The van der Waals surface area contributed by atoms with Gasteiger partial charge in [-0.05, 0) is 47.8 Å². The summed E-state index contributed by atoms with van der Waals surface area (Å²) in [6.07, 6.45) is 4.06. The molecule has 0 bridgehead atoms. The Morgan fingerprint density at radius 1 is 1.62 bits per heavy atom. The number of nitrogens with one attached hydrogen (secondary N) is 1. The van der Waals surface area contributed by atoms with Crippen molar-refractivity contribution in [3.05, 3.63) is 20.8 Å². The lowest BCUT2D eigenvalue weighted by molar-refractivity contribution is -0.128. The lowest BCUT2D eigenvalue weighted by Crippen LogP contribution is -2.53. The molecule has 0 spiro atoms. The van der Waals surface area contributed by atoms with Crippen LogP contribution in [0, 0.1) is 0 Å². The Bertz CT molecular complexity index is 479. The zero-order chi connectivity index (χ0) is 15.4. The standard InChI is InChI=1S/C15H24BrN3OS/c1-3-11(17)14(13-8-10(16)9-21-13)19-7-5-4-6-12(19)15(20)18-2/h8-9,11-12,14H,3-7,17H2,1-2H3,(H,18,20). The Balaban J connectivity index is 2.31. The molecule has 3 N–H and O–H groups in total. The maximum Gasteiger partial charge on any atom is 0.237 e. The van der Waals surface area contributed by atoms with Crippen LogP contribution in [0.4, 0.5) is 0 Å². The van der Waals surface area contributed by atoms with Crippen molar-refractivity contribution in [3.63, 3.8) is 0 Å². The fraction of sp³-hybridized carbons (Fsp3) is 0.667. The van der Waals surface area contributed by atoms with Crippen LogP contribution in [-0.4, -0.2) is 36.5 Å². The van der Waals surface area contributed by atoms with Crippen LogP contribution in [0.1, 0.15) is 43.5 Å². The van der Waals surface area contributed by atoms with Crippen LogP contribution in [-0.2, 0) is 4.79 Å². The highest BCUT2D eigenvalue weighted by Crippen LogP contribution is 2.36. The second kappa shape index (κ2) is 7.72. The van der Waals surface area contributed by atoms with Crippen LogP contribution in [0.25, 0.3) is 0 Å². The Morgan fingerprint density at radius 3 is 2.95 bits per heavy atom. The second-order valence-electron chi connectivity index (χ2n) is 5.55. The highest BCUT2D eigenvalue weighted by molar-refractivity contribution is 9.10. The number of amides is 1. The normalized spacial score (nSPS) is 22.8. The van der Waals surface area contributed by atoms with E-state index in [1.165, 1.54) is 4.88 Å². The highest BCUT2D eigenvalue weighted by Gasteiger charge is 2.36. The van der Waals surface area contributed by atoms with E-state index < -0.39 is 0 Å². The maximum atomic E-state index is 12.2. The minimum atomic E-state index is -0.0628. The molecule has 0 saturated carbocycles. The molecule has 1 aromatic rings. The van der Waals surface area contributed by atoms with Gasteiger partial charge in [0.05, 0.1) is 12.1 Å². The fourth-order valence-corrected chi connectivity index (χ4v) is 4.70. The summed E-state index contributed by atoms with van der Waals surface area (Å²) in [5.41, 5.74) is 6.41. The Labute approximate surface area is 139 Å². The van der Waals surface area contributed by atoms with E-state index in [-0.39, 0.29) is 24.0 Å². The minimum absolute atomic E-state index is 0.0424. The summed E-state index contributed by atoms with van der Waals surface area (Å²) in [5.74, 6) is 0.110. The molecule has 6 heteroatoms. The number of hydrogen-bond donors (Lipinski definition) is 2. The van der Waals surface area contributed by atoms with E-state index in [1.807, 2.05) is 0 Å². The van der Waals surface area contributed by atoms with Crippen LogP contribution in [0.3, 0.4) is 0 Å². The van der Waals surface area contributed by atoms with Crippen LogP contribution < -0.4 is 11.1 Å². The van der Waals surface area contributed by atoms with E-state index in [1.54, 1.807) is 18.4 Å². The molecule has 0 aliphatic carbocycles. The highest BCUT2D eigenvalue weighted by atomic mass is 79.9. The van der Waals surface area contributed by atoms with E-state index in [0.29, 0.717) is 0 Å². The van der Waals surface area contributed by atoms with Crippen molar-refractivity contribution < 1.29 is 4.79 Å². The Kier molecular flexibility index (Phi) is 6.22. The van der Waals surface area contributed by atoms with Gasteiger partial charge in [-0.3, -0.25) is 9.69 Å². The van der Waals surface area contributed by atoms with Crippen molar-refractivity contribution in [2.45, 2.75) is 50.7 Å². The van der Waals surface area contributed by atoms with Crippen LogP contribution in [0.5, 0.6) is 0 Å². The van der Waals surface area contributed by atoms with Gasteiger partial charge in [-0.2, -0.15) is 0 Å². The van der Waals surface area contributed by atoms with Gasteiger partial charge in [0.1, 0.15) is 0 Å². The van der Waals surface area contributed by atoms with Gasteiger partial charge in [0.15, 0.2) is 0 Å². The van der Waals surface area contributed by atoms with Gasteiger partial charge in [0.2, 0.25) is 5.91 Å². The van der Waals surface area contributed by atoms with Crippen LogP contribution >= 0.6 is 27.3 Å². The molecule has 21 heavy (non-hydrogen) atoms. The SMILES string of the molecule is CCC(N)C(c1cc(Br)cs1)N1CCCCC1C(=O)NC. The van der Waals surface area contributed by atoms with Gasteiger partial charge in [0.25, 0.3) is 0 Å². The molecule has 1 fully saturated rings. The smallest absolute Gasteiger partial charge is 0.237 e. The summed E-state index contributed by atoms with van der Waals surface area (Å²) in [4.78, 5) is 15.8. The molecule has 0 aromatic carbocycles. The summed E-state index contributed by atoms with van der Waals surface area (Å²) in [7, 11) is 1.71. The summed E-state index contributed by atoms with van der Waals surface area (Å²) < 4.78 is 1.09. The monoisotopic (exact) mass is 373 g/mol. The Hall–Kier alpha value is -0.430. The van der Waals surface area contributed by atoms with Gasteiger partial charge in [-0.15, -0.1) is 11.3 Å². The summed E-state index contributed by atoms with van der Waals surface area (Å²) in [6.45, 7) is 3.05. The fourth-order valence-electron chi connectivity index (χ4n) is 3.06. The average Bonchev–Trinajstić information content (AvgIpc) is 2.93. The lowest BCUT2D eigenvalue weighted by atomic mass is 9.94. The third kappa shape index (κ3) is 3.86. The van der Waals surface area contributed by atoms with E-state index in [0.717, 1.165) is 36.7 Å². The van der Waals surface area contributed by atoms with Crippen molar-refractivity contribution in [2.24, 2.45) is 5.73 Å². The number of thiophene rings is 1. The molecule has 118 valence electrons. The van der Waals surface area contributed by atoms with E-state index in [2.05, 4.69) is 44.5 Å². The van der Waals surface area contributed by atoms with E-state index >= 15 is 0 Å². The molecule has 1 aromatic heterocycles. The number of nitrogens with two attached hydrogens (primary N) is 1. The van der Waals surface area contributed by atoms with Crippen LogP contribution in [0.15, 0.2) is 15.9 Å². The predicted octanol–water partition coefficient (Wildman–Crippen LogP) is 2.89. The number of carbonyl (C=O) groups excluding carboxylic acids is 1. The first kappa shape index (κ1) is 16.9. The number of carbonyl (C=O) groups is 1. The zero-order valence-electron chi connectivity index (χ0n) is 12.6. The molecule has 3 atom stereocenters. The number of hydrogen-bond acceptors (Lipinski definition) is 4. The van der Waals surface area contributed by atoms with Gasteiger partial charge in [0, 0.05) is 27.8 Å². The molecular formula is C15H24BrN3OS. The molecule has 2 rings (SSSR count). The van der Waals surface area contributed by atoms with Crippen molar-refractivity contribution >= 4 is 33.2 Å². The van der Waals surface area contributed by atoms with Gasteiger partial charge in [-0.25, -0.2) is 0 Å². The molecule has 2 heterocycles. The first-order chi connectivity index (χ1) is 10.1. The van der Waals surface area contributed by atoms with Crippen molar-refractivity contribution in [2.75, 3.05) is 13.6 Å². The molecule has 1 aliphatic rings. The van der Waals surface area contributed by atoms with Crippen molar-refractivity contribution in [3.8, 4) is 0 Å². The molecule has 0 radical (unpaired) electrons. The molecule has 4 nitrogen and oxygen atoms in total. The van der Waals surface area contributed by atoms with Crippen molar-refractivity contribution in [1.29, 1.82) is 0 Å². The third-order valence-electron chi connectivity index (χ3n) is 4.21. The molecule has 1 saturated heterocycles. The minimum Gasteiger partial charge on any atom is -0.358 e. The van der Waals surface area contributed by atoms with Crippen LogP contribution in [0.2, 0.25) is 0 Å². The van der Waals surface area contributed by atoms with E-state index in [9.17, 15) is 4.79 Å². The number of rotatable bonds is 5. The lowest BCUT2D eigenvalue weighted by Gasteiger charge is -2.42. The number of likely N-dealkylation sites (N-methyl/N-ethyl adjacent to an activating group) is 1. The summed E-state index contributed by atoms with van der Waals surface area (Å²) >= 11 is 5.24. The number of halogens is 1. The topological polar surface area (TPSA) is 58.4 Å². The second-order valence-corrected chi connectivity index (χ2v) is 7.41.